The number of benzene rings is 1. The zero-order valence-electron chi connectivity index (χ0n) is 15.7. The van der Waals surface area contributed by atoms with E-state index in [-0.39, 0.29) is 12.8 Å². The summed E-state index contributed by atoms with van der Waals surface area (Å²) in [6.45, 7) is 0. The number of nitrogens with zero attached hydrogens (tertiary/aromatic N) is 3. The van der Waals surface area contributed by atoms with E-state index in [4.69, 9.17) is 14.9 Å². The van der Waals surface area contributed by atoms with E-state index in [0.29, 0.717) is 19.3 Å². The Labute approximate surface area is 172 Å². The van der Waals surface area contributed by atoms with Crippen molar-refractivity contribution in [2.24, 2.45) is 16.7 Å². The standard InChI is InChI=1S/C20H13F5N4O2/c21-11-10(12(22)14(24)15(25)13(11)23)16-18(6-26,7-27)19(8-28)9-4-2-1-3-5-20(9,30-16)31-17(19)29/h9,16,29H,1-5H2. The van der Waals surface area contributed by atoms with Gasteiger partial charge in [0.15, 0.2) is 28.7 Å². The van der Waals surface area contributed by atoms with E-state index in [0.717, 1.165) is 0 Å². The SMILES string of the molecule is N#CC1(C#N)C(c2c(F)c(F)c(F)c(F)c2F)OC23CCCCCC2C1(C#N)C(=N)O3. The lowest BCUT2D eigenvalue weighted by Gasteiger charge is -2.49. The van der Waals surface area contributed by atoms with Crippen molar-refractivity contribution in [3.8, 4) is 18.2 Å². The van der Waals surface area contributed by atoms with Crippen LogP contribution in [0.5, 0.6) is 0 Å². The first-order chi connectivity index (χ1) is 14.7. The minimum Gasteiger partial charge on any atom is -0.447 e. The van der Waals surface area contributed by atoms with Crippen LogP contribution in [-0.4, -0.2) is 11.7 Å². The van der Waals surface area contributed by atoms with Crippen LogP contribution in [0.25, 0.3) is 0 Å². The highest BCUT2D eigenvalue weighted by atomic mass is 19.2. The molecule has 1 saturated carbocycles. The summed E-state index contributed by atoms with van der Waals surface area (Å²) in [5.74, 6) is -15.2. The van der Waals surface area contributed by atoms with Crippen molar-refractivity contribution in [2.45, 2.75) is 44.0 Å². The molecule has 2 bridgehead atoms. The molecule has 31 heavy (non-hydrogen) atoms. The molecule has 1 aromatic rings. The van der Waals surface area contributed by atoms with Gasteiger partial charge in [0, 0.05) is 6.42 Å². The molecule has 1 aliphatic carbocycles. The van der Waals surface area contributed by atoms with E-state index in [1.807, 2.05) is 0 Å². The van der Waals surface area contributed by atoms with Crippen molar-refractivity contribution in [3.63, 3.8) is 0 Å². The van der Waals surface area contributed by atoms with Gasteiger partial charge in [0.1, 0.15) is 6.10 Å². The average Bonchev–Trinajstić information content (AvgIpc) is 2.88. The maximum Gasteiger partial charge on any atom is 0.217 e. The van der Waals surface area contributed by atoms with Crippen LogP contribution in [-0.2, 0) is 9.47 Å². The van der Waals surface area contributed by atoms with E-state index in [1.54, 1.807) is 6.07 Å². The van der Waals surface area contributed by atoms with E-state index < -0.39 is 69.2 Å². The summed E-state index contributed by atoms with van der Waals surface area (Å²) >= 11 is 0. The third kappa shape index (κ3) is 2.23. The molecule has 2 heterocycles. The molecule has 11 heteroatoms. The lowest BCUT2D eigenvalue weighted by Crippen LogP contribution is -2.59. The minimum atomic E-state index is -2.81. The Bertz CT molecular complexity index is 1090. The Morgan fingerprint density at radius 2 is 1.42 bits per heavy atom. The fourth-order valence-electron chi connectivity index (χ4n) is 5.15. The second-order valence-electron chi connectivity index (χ2n) is 7.83. The number of hydrogen-bond acceptors (Lipinski definition) is 6. The van der Waals surface area contributed by atoms with Crippen LogP contribution < -0.4 is 0 Å². The summed E-state index contributed by atoms with van der Waals surface area (Å²) in [6, 6.07) is 4.82. The van der Waals surface area contributed by atoms with Gasteiger partial charge >= 0.3 is 0 Å². The Hall–Kier alpha value is -3.23. The van der Waals surface area contributed by atoms with Crippen molar-refractivity contribution in [1.29, 1.82) is 21.2 Å². The Kier molecular flexibility index (Phi) is 4.50. The number of halogens is 5. The average molecular weight is 436 g/mol. The van der Waals surface area contributed by atoms with Crippen LogP contribution >= 0.6 is 0 Å². The Morgan fingerprint density at radius 3 is 1.97 bits per heavy atom. The summed E-state index contributed by atoms with van der Waals surface area (Å²) in [5, 5.41) is 38.4. The summed E-state index contributed by atoms with van der Waals surface area (Å²) in [7, 11) is 0. The maximum atomic E-state index is 14.7. The first kappa shape index (κ1) is 21.0. The Balaban J connectivity index is 2.09. The molecule has 4 rings (SSSR count). The molecule has 1 aromatic carbocycles. The lowest BCUT2D eigenvalue weighted by atomic mass is 9.52. The van der Waals surface area contributed by atoms with Gasteiger partial charge < -0.3 is 9.47 Å². The molecule has 2 aliphatic heterocycles. The van der Waals surface area contributed by atoms with Crippen molar-refractivity contribution in [3.05, 3.63) is 34.6 Å². The van der Waals surface area contributed by atoms with Crippen LogP contribution in [0, 0.1) is 85.2 Å². The summed E-state index contributed by atoms with van der Waals surface area (Å²) in [5.41, 5.74) is -6.68. The molecule has 0 radical (unpaired) electrons. The first-order valence-corrected chi connectivity index (χ1v) is 9.38. The monoisotopic (exact) mass is 436 g/mol. The molecular formula is C20H13F5N4O2. The van der Waals surface area contributed by atoms with Gasteiger partial charge in [-0.05, 0) is 12.8 Å². The molecule has 0 spiro atoms. The van der Waals surface area contributed by atoms with Crippen LogP contribution in [0.15, 0.2) is 0 Å². The van der Waals surface area contributed by atoms with E-state index in [9.17, 15) is 37.7 Å². The second kappa shape index (κ2) is 6.63. The maximum absolute atomic E-state index is 14.7. The highest BCUT2D eigenvalue weighted by molar-refractivity contribution is 5.89. The van der Waals surface area contributed by atoms with Crippen molar-refractivity contribution in [2.75, 3.05) is 0 Å². The number of nitrogens with one attached hydrogen (secondary N) is 1. The fraction of sp³-hybridized carbons (Fsp3) is 0.500. The quantitative estimate of drug-likeness (QED) is 0.401. The predicted octanol–water partition coefficient (Wildman–Crippen LogP) is 4.28. The number of ether oxygens (including phenoxy) is 2. The van der Waals surface area contributed by atoms with Crippen LogP contribution in [0.3, 0.4) is 0 Å². The van der Waals surface area contributed by atoms with Gasteiger partial charge in [0.05, 0.1) is 29.7 Å². The molecule has 0 amide bonds. The molecule has 6 nitrogen and oxygen atoms in total. The predicted molar refractivity (Wildman–Crippen MR) is 89.9 cm³/mol. The van der Waals surface area contributed by atoms with Crippen molar-refractivity contribution >= 4 is 5.90 Å². The van der Waals surface area contributed by atoms with E-state index in [1.165, 1.54) is 12.1 Å². The molecule has 3 fully saturated rings. The zero-order chi connectivity index (χ0) is 22.8. The topological polar surface area (TPSA) is 114 Å². The molecular weight excluding hydrogens is 423 g/mol. The van der Waals surface area contributed by atoms with Gasteiger partial charge in [-0.1, -0.05) is 12.8 Å². The largest absolute Gasteiger partial charge is 0.447 e. The van der Waals surface area contributed by atoms with Crippen molar-refractivity contribution < 1.29 is 31.4 Å². The van der Waals surface area contributed by atoms with Gasteiger partial charge in [0.2, 0.25) is 22.9 Å². The summed E-state index contributed by atoms with van der Waals surface area (Å²) in [4.78, 5) is 0. The van der Waals surface area contributed by atoms with Gasteiger partial charge in [-0.15, -0.1) is 0 Å². The molecule has 1 N–H and O–H groups in total. The number of hydrogen-bond donors (Lipinski definition) is 1. The van der Waals surface area contributed by atoms with Gasteiger partial charge in [-0.25, -0.2) is 22.0 Å². The first-order valence-electron chi connectivity index (χ1n) is 9.38. The molecule has 3 aliphatic rings. The summed E-state index contributed by atoms with van der Waals surface area (Å²) in [6.07, 6.45) is -0.479. The highest BCUT2D eigenvalue weighted by Crippen LogP contribution is 2.69. The number of rotatable bonds is 1. The van der Waals surface area contributed by atoms with Gasteiger partial charge in [0.25, 0.3) is 0 Å². The molecule has 4 atom stereocenters. The zero-order valence-corrected chi connectivity index (χ0v) is 15.7. The minimum absolute atomic E-state index is 0.0440. The fourth-order valence-corrected chi connectivity index (χ4v) is 5.15. The van der Waals surface area contributed by atoms with Crippen LogP contribution in [0.4, 0.5) is 22.0 Å². The van der Waals surface area contributed by atoms with Crippen LogP contribution in [0.1, 0.15) is 43.8 Å². The lowest BCUT2D eigenvalue weighted by molar-refractivity contribution is -0.286. The Morgan fingerprint density at radius 1 is 0.839 bits per heavy atom. The molecule has 4 unspecified atom stereocenters. The van der Waals surface area contributed by atoms with E-state index >= 15 is 0 Å². The van der Waals surface area contributed by atoms with Crippen molar-refractivity contribution in [1.82, 2.24) is 0 Å². The second-order valence-corrected chi connectivity index (χ2v) is 7.83. The normalized spacial score (nSPS) is 33.3. The number of nitriles is 3. The van der Waals surface area contributed by atoms with Gasteiger partial charge in [-0.3, -0.25) is 5.41 Å². The van der Waals surface area contributed by atoms with Crippen LogP contribution in [0.2, 0.25) is 0 Å². The van der Waals surface area contributed by atoms with E-state index in [2.05, 4.69) is 0 Å². The smallest absolute Gasteiger partial charge is 0.217 e. The summed E-state index contributed by atoms with van der Waals surface area (Å²) < 4.78 is 82.2. The third-order valence-corrected chi connectivity index (χ3v) is 6.57. The molecule has 160 valence electrons. The third-order valence-electron chi connectivity index (χ3n) is 6.57. The highest BCUT2D eigenvalue weighted by Gasteiger charge is 2.80. The van der Waals surface area contributed by atoms with Gasteiger partial charge in [-0.2, -0.15) is 15.8 Å². The molecule has 0 aromatic heterocycles. The molecule has 2 saturated heterocycles.